The Morgan fingerprint density at radius 3 is 2.69 bits per heavy atom. The van der Waals surface area contributed by atoms with Crippen molar-refractivity contribution in [2.24, 2.45) is 16.8 Å². The molecular weight excluding hydrogens is 439 g/mol. The topological polar surface area (TPSA) is 48.9 Å². The lowest BCUT2D eigenvalue weighted by Gasteiger charge is -2.17. The van der Waals surface area contributed by atoms with Crippen molar-refractivity contribution in [1.82, 2.24) is 15.5 Å². The lowest BCUT2D eigenvalue weighted by atomic mass is 10.1. The summed E-state index contributed by atoms with van der Waals surface area (Å²) >= 11 is 0. The minimum atomic E-state index is 0. The van der Waals surface area contributed by atoms with Gasteiger partial charge in [-0.05, 0) is 63.2 Å². The molecule has 0 bridgehead atoms. The molecule has 3 rings (SSSR count). The number of guanidine groups is 1. The van der Waals surface area contributed by atoms with E-state index >= 15 is 0 Å². The quantitative estimate of drug-likeness (QED) is 0.364. The van der Waals surface area contributed by atoms with E-state index in [4.69, 9.17) is 4.74 Å². The van der Waals surface area contributed by atoms with Gasteiger partial charge in [-0.2, -0.15) is 0 Å². The molecule has 2 N–H and O–H groups in total. The summed E-state index contributed by atoms with van der Waals surface area (Å²) in [7, 11) is 4.02. The second kappa shape index (κ2) is 10.3. The summed E-state index contributed by atoms with van der Waals surface area (Å²) in [6, 6.07) is 6.44. The van der Waals surface area contributed by atoms with E-state index in [0.717, 1.165) is 37.3 Å². The summed E-state index contributed by atoms with van der Waals surface area (Å²) < 4.78 is 6.06. The van der Waals surface area contributed by atoms with Gasteiger partial charge in [-0.1, -0.05) is 12.1 Å². The van der Waals surface area contributed by atoms with Crippen molar-refractivity contribution in [3.05, 3.63) is 29.3 Å². The van der Waals surface area contributed by atoms with Gasteiger partial charge in [0.1, 0.15) is 5.75 Å². The normalized spacial score (nSPS) is 20.6. The number of nitrogens with one attached hydrogen (secondary N) is 2. The number of benzene rings is 1. The molecule has 1 saturated carbocycles. The fraction of sp³-hybridized carbons (Fsp3) is 0.650. The van der Waals surface area contributed by atoms with E-state index in [0.29, 0.717) is 5.92 Å². The number of likely N-dealkylation sites (tertiary alicyclic amines) is 1. The molecule has 0 spiro atoms. The predicted octanol–water partition coefficient (Wildman–Crippen LogP) is 3.02. The number of aryl methyl sites for hydroxylation is 1. The molecule has 1 unspecified atom stereocenters. The highest BCUT2D eigenvalue weighted by Gasteiger charge is 2.22. The molecule has 1 aliphatic heterocycles. The zero-order chi connectivity index (χ0) is 17.6. The van der Waals surface area contributed by atoms with Gasteiger partial charge in [-0.3, -0.25) is 4.99 Å². The largest absolute Gasteiger partial charge is 0.493 e. The molecule has 1 saturated heterocycles. The Kier molecular flexibility index (Phi) is 8.47. The highest BCUT2D eigenvalue weighted by Crippen LogP contribution is 2.30. The van der Waals surface area contributed by atoms with Crippen LogP contribution in [0, 0.1) is 18.8 Å². The van der Waals surface area contributed by atoms with Crippen LogP contribution < -0.4 is 15.4 Å². The summed E-state index contributed by atoms with van der Waals surface area (Å²) in [6.45, 7) is 7.02. The fourth-order valence-electron chi connectivity index (χ4n) is 3.27. The second-order valence-electron chi connectivity index (χ2n) is 7.59. The van der Waals surface area contributed by atoms with Gasteiger partial charge in [0.25, 0.3) is 0 Å². The van der Waals surface area contributed by atoms with E-state index in [2.05, 4.69) is 52.7 Å². The smallest absolute Gasteiger partial charge is 0.191 e. The van der Waals surface area contributed by atoms with Crippen LogP contribution in [0.15, 0.2) is 23.2 Å². The standard InChI is InChI=1S/C20H32N4O.HI/c1-15-4-7-18(19(10-15)25-14-16-5-6-16)12-23-20(21-2)22-11-17-8-9-24(3)13-17;/h4,7,10,16-17H,5-6,8-9,11-14H2,1-3H3,(H2,21,22,23);1H. The van der Waals surface area contributed by atoms with Crippen LogP contribution in [0.1, 0.15) is 30.4 Å². The average Bonchev–Trinajstić information content (AvgIpc) is 3.35. The molecule has 0 aromatic heterocycles. The number of halogens is 1. The molecule has 1 aliphatic carbocycles. The van der Waals surface area contributed by atoms with Crippen LogP contribution in [-0.2, 0) is 6.54 Å². The van der Waals surface area contributed by atoms with Gasteiger partial charge in [-0.25, -0.2) is 0 Å². The molecule has 2 fully saturated rings. The minimum absolute atomic E-state index is 0. The van der Waals surface area contributed by atoms with Crippen molar-refractivity contribution in [2.75, 3.05) is 40.3 Å². The van der Waals surface area contributed by atoms with Gasteiger partial charge < -0.3 is 20.3 Å². The van der Waals surface area contributed by atoms with E-state index in [1.54, 1.807) is 0 Å². The van der Waals surface area contributed by atoms with Crippen molar-refractivity contribution < 1.29 is 4.74 Å². The fourth-order valence-corrected chi connectivity index (χ4v) is 3.27. The average molecular weight is 472 g/mol. The van der Waals surface area contributed by atoms with Crippen molar-refractivity contribution in [3.63, 3.8) is 0 Å². The first-order valence-electron chi connectivity index (χ1n) is 9.49. The highest BCUT2D eigenvalue weighted by molar-refractivity contribution is 14.0. The summed E-state index contributed by atoms with van der Waals surface area (Å²) in [5.41, 5.74) is 2.43. The van der Waals surface area contributed by atoms with E-state index < -0.39 is 0 Å². The van der Waals surface area contributed by atoms with E-state index in [9.17, 15) is 0 Å². The van der Waals surface area contributed by atoms with Crippen molar-refractivity contribution in [1.29, 1.82) is 0 Å². The third-order valence-corrected chi connectivity index (χ3v) is 5.11. The van der Waals surface area contributed by atoms with Gasteiger partial charge in [0.2, 0.25) is 0 Å². The molecule has 1 atom stereocenters. The van der Waals surface area contributed by atoms with Gasteiger partial charge >= 0.3 is 0 Å². The first-order valence-corrected chi connectivity index (χ1v) is 9.49. The molecule has 1 heterocycles. The molecule has 6 heteroatoms. The van der Waals surface area contributed by atoms with E-state index in [-0.39, 0.29) is 24.0 Å². The zero-order valence-electron chi connectivity index (χ0n) is 16.3. The SMILES string of the molecule is CN=C(NCc1ccc(C)cc1OCC1CC1)NCC1CCN(C)C1.I. The van der Waals surface area contributed by atoms with Crippen molar-refractivity contribution >= 4 is 29.9 Å². The van der Waals surface area contributed by atoms with Crippen LogP contribution in [0.2, 0.25) is 0 Å². The zero-order valence-corrected chi connectivity index (χ0v) is 18.6. The van der Waals surface area contributed by atoms with Crippen LogP contribution in [0.5, 0.6) is 5.75 Å². The maximum atomic E-state index is 6.06. The Morgan fingerprint density at radius 1 is 1.23 bits per heavy atom. The van der Waals surface area contributed by atoms with Crippen LogP contribution in [-0.4, -0.2) is 51.2 Å². The third-order valence-electron chi connectivity index (χ3n) is 5.11. The Labute approximate surface area is 175 Å². The summed E-state index contributed by atoms with van der Waals surface area (Å²) in [5, 5.41) is 6.89. The van der Waals surface area contributed by atoms with Gasteiger partial charge in [0.15, 0.2) is 5.96 Å². The molecular formula is C20H33IN4O. The molecule has 146 valence electrons. The highest BCUT2D eigenvalue weighted by atomic mass is 127. The maximum Gasteiger partial charge on any atom is 0.191 e. The first-order chi connectivity index (χ1) is 12.1. The van der Waals surface area contributed by atoms with Crippen molar-refractivity contribution in [2.45, 2.75) is 32.7 Å². The number of rotatable bonds is 7. The predicted molar refractivity (Wildman–Crippen MR) is 119 cm³/mol. The number of nitrogens with zero attached hydrogens (tertiary/aromatic N) is 2. The Bertz CT molecular complexity index is 603. The monoisotopic (exact) mass is 472 g/mol. The van der Waals surface area contributed by atoms with Crippen LogP contribution in [0.4, 0.5) is 0 Å². The summed E-state index contributed by atoms with van der Waals surface area (Å²) in [4.78, 5) is 6.74. The van der Waals surface area contributed by atoms with Crippen LogP contribution in [0.25, 0.3) is 0 Å². The number of hydrogen-bond donors (Lipinski definition) is 2. The van der Waals surface area contributed by atoms with Gasteiger partial charge in [0, 0.05) is 32.2 Å². The molecule has 0 amide bonds. The Balaban J connectivity index is 0.00000243. The number of ether oxygens (including phenoxy) is 1. The van der Waals surface area contributed by atoms with Gasteiger partial charge in [0.05, 0.1) is 6.61 Å². The molecule has 5 nitrogen and oxygen atoms in total. The van der Waals surface area contributed by atoms with E-state index in [1.165, 1.54) is 43.5 Å². The number of hydrogen-bond acceptors (Lipinski definition) is 3. The molecule has 26 heavy (non-hydrogen) atoms. The molecule has 1 aromatic rings. The number of aliphatic imine (C=N–C) groups is 1. The Hall–Kier alpha value is -1.02. The van der Waals surface area contributed by atoms with Crippen molar-refractivity contribution in [3.8, 4) is 5.75 Å². The Morgan fingerprint density at radius 2 is 2.04 bits per heavy atom. The lowest BCUT2D eigenvalue weighted by molar-refractivity contribution is 0.296. The summed E-state index contributed by atoms with van der Waals surface area (Å²) in [5.74, 6) is 3.34. The maximum absolute atomic E-state index is 6.06. The van der Waals surface area contributed by atoms with E-state index in [1.807, 2.05) is 7.05 Å². The first kappa shape index (κ1) is 21.3. The summed E-state index contributed by atoms with van der Waals surface area (Å²) in [6.07, 6.45) is 3.89. The third kappa shape index (κ3) is 6.61. The molecule has 0 radical (unpaired) electrons. The lowest BCUT2D eigenvalue weighted by Crippen LogP contribution is -2.39. The minimum Gasteiger partial charge on any atom is -0.493 e. The molecule has 1 aromatic carbocycles. The molecule has 2 aliphatic rings. The van der Waals surface area contributed by atoms with Crippen LogP contribution in [0.3, 0.4) is 0 Å². The second-order valence-corrected chi connectivity index (χ2v) is 7.59. The van der Waals surface area contributed by atoms with Gasteiger partial charge in [-0.15, -0.1) is 24.0 Å². The van der Waals surface area contributed by atoms with Crippen LogP contribution >= 0.6 is 24.0 Å².